The average Bonchev–Trinajstić information content (AvgIpc) is 2.20. The lowest BCUT2D eigenvalue weighted by atomic mass is 10.1. The summed E-state index contributed by atoms with van der Waals surface area (Å²) in [4.78, 5) is 11.2. The minimum atomic E-state index is -2.51. The highest BCUT2D eigenvalue weighted by Gasteiger charge is 2.09. The van der Waals surface area contributed by atoms with Gasteiger partial charge in [0.05, 0.1) is 12.7 Å². The summed E-state index contributed by atoms with van der Waals surface area (Å²) in [6.45, 7) is 3.46. The zero-order valence-corrected chi connectivity index (χ0v) is 10.3. The van der Waals surface area contributed by atoms with Crippen LogP contribution in [0.15, 0.2) is 0 Å². The Morgan fingerprint density at radius 3 is 2.59 bits per heavy atom. The molecule has 0 heterocycles. The van der Waals surface area contributed by atoms with Crippen molar-refractivity contribution in [3.05, 3.63) is 0 Å². The molecule has 0 radical (unpaired) electrons. The minimum Gasteiger partial charge on any atom is -0.391 e. The van der Waals surface area contributed by atoms with E-state index < -0.39 is 19.1 Å². The fourth-order valence-electron chi connectivity index (χ4n) is 1.28. The molecule has 0 aliphatic rings. The van der Waals surface area contributed by atoms with Gasteiger partial charge in [-0.3, -0.25) is 4.79 Å². The first kappa shape index (κ1) is 16.2. The second kappa shape index (κ2) is 9.30. The highest BCUT2D eigenvalue weighted by atomic mass is 19.3. The molecule has 0 bridgehead atoms. The third-order valence-electron chi connectivity index (χ3n) is 2.00. The summed E-state index contributed by atoms with van der Waals surface area (Å²) < 4.78 is 27.9. The topological polar surface area (TPSA) is 58.6 Å². The number of hydrogen-bond acceptors (Lipinski definition) is 3. The van der Waals surface area contributed by atoms with E-state index in [9.17, 15) is 18.7 Å². The van der Waals surface area contributed by atoms with Gasteiger partial charge in [-0.15, -0.1) is 0 Å². The summed E-state index contributed by atoms with van der Waals surface area (Å²) in [6.07, 6.45) is -2.43. The fraction of sp³-hybridized carbons (Fsp3) is 0.909. The zero-order valence-electron chi connectivity index (χ0n) is 10.3. The van der Waals surface area contributed by atoms with Gasteiger partial charge in [0.15, 0.2) is 0 Å². The zero-order chi connectivity index (χ0) is 13.3. The van der Waals surface area contributed by atoms with Gasteiger partial charge in [-0.25, -0.2) is 8.78 Å². The summed E-state index contributed by atoms with van der Waals surface area (Å²) in [7, 11) is 0. The SMILES string of the molecule is CC(C)CC(O)CNC(=O)CCOCC(F)F. The summed E-state index contributed by atoms with van der Waals surface area (Å²) in [5, 5.41) is 12.0. The Balaban J connectivity index is 3.46. The Morgan fingerprint density at radius 1 is 1.41 bits per heavy atom. The van der Waals surface area contributed by atoms with Crippen molar-refractivity contribution in [1.29, 1.82) is 0 Å². The van der Waals surface area contributed by atoms with Crippen molar-refractivity contribution in [2.24, 2.45) is 5.92 Å². The van der Waals surface area contributed by atoms with Gasteiger partial charge < -0.3 is 15.2 Å². The van der Waals surface area contributed by atoms with Crippen LogP contribution in [0.3, 0.4) is 0 Å². The first-order chi connectivity index (χ1) is 7.91. The van der Waals surface area contributed by atoms with Crippen molar-refractivity contribution >= 4 is 5.91 Å². The van der Waals surface area contributed by atoms with Crippen LogP contribution >= 0.6 is 0 Å². The van der Waals surface area contributed by atoms with Gasteiger partial charge in [0.2, 0.25) is 5.91 Å². The number of amides is 1. The number of alkyl halides is 2. The molecule has 2 N–H and O–H groups in total. The van der Waals surface area contributed by atoms with Crippen molar-refractivity contribution in [2.75, 3.05) is 19.8 Å². The molecule has 0 aliphatic heterocycles. The Morgan fingerprint density at radius 2 is 2.06 bits per heavy atom. The summed E-state index contributed by atoms with van der Waals surface area (Å²) in [5.41, 5.74) is 0. The average molecular weight is 253 g/mol. The molecule has 6 heteroatoms. The Bertz CT molecular complexity index is 213. The molecule has 1 atom stereocenters. The quantitative estimate of drug-likeness (QED) is 0.607. The van der Waals surface area contributed by atoms with Crippen molar-refractivity contribution in [2.45, 2.75) is 39.2 Å². The molecular weight excluding hydrogens is 232 g/mol. The number of aliphatic hydroxyl groups excluding tert-OH is 1. The highest BCUT2D eigenvalue weighted by Crippen LogP contribution is 2.03. The molecule has 0 fully saturated rings. The fourth-order valence-corrected chi connectivity index (χ4v) is 1.28. The molecule has 17 heavy (non-hydrogen) atoms. The summed E-state index contributed by atoms with van der Waals surface area (Å²) >= 11 is 0. The van der Waals surface area contributed by atoms with Gasteiger partial charge in [0.25, 0.3) is 6.43 Å². The van der Waals surface area contributed by atoms with E-state index >= 15 is 0 Å². The summed E-state index contributed by atoms with van der Waals surface area (Å²) in [6, 6.07) is 0. The van der Waals surface area contributed by atoms with Crippen molar-refractivity contribution in [3.8, 4) is 0 Å². The molecule has 0 aromatic carbocycles. The molecule has 0 aromatic heterocycles. The molecule has 0 aromatic rings. The number of rotatable bonds is 9. The van der Waals surface area contributed by atoms with Crippen LogP contribution in [0.5, 0.6) is 0 Å². The molecule has 1 unspecified atom stereocenters. The van der Waals surface area contributed by atoms with Crippen LogP contribution in [0.25, 0.3) is 0 Å². The normalized spacial score (nSPS) is 13.1. The van der Waals surface area contributed by atoms with Gasteiger partial charge in [-0.05, 0) is 12.3 Å². The standard InChI is InChI=1S/C11H21F2NO3/c1-8(2)5-9(15)6-14-11(16)3-4-17-7-10(12)13/h8-10,15H,3-7H2,1-2H3,(H,14,16). The van der Waals surface area contributed by atoms with Crippen LogP contribution in [0.1, 0.15) is 26.7 Å². The lowest BCUT2D eigenvalue weighted by Gasteiger charge is -2.13. The largest absolute Gasteiger partial charge is 0.391 e. The van der Waals surface area contributed by atoms with E-state index in [1.54, 1.807) is 0 Å². The second-order valence-electron chi connectivity index (χ2n) is 4.30. The minimum absolute atomic E-state index is 0.0289. The van der Waals surface area contributed by atoms with E-state index in [1.165, 1.54) is 0 Å². The molecule has 1 amide bonds. The van der Waals surface area contributed by atoms with Gasteiger partial charge in [0.1, 0.15) is 6.61 Å². The number of aliphatic hydroxyl groups is 1. The second-order valence-corrected chi connectivity index (χ2v) is 4.30. The first-order valence-corrected chi connectivity index (χ1v) is 5.72. The highest BCUT2D eigenvalue weighted by molar-refractivity contribution is 5.75. The van der Waals surface area contributed by atoms with Crippen LogP contribution in [0.4, 0.5) is 8.78 Å². The van der Waals surface area contributed by atoms with Crippen LogP contribution < -0.4 is 5.32 Å². The van der Waals surface area contributed by atoms with Gasteiger partial charge in [0, 0.05) is 13.0 Å². The predicted octanol–water partition coefficient (Wildman–Crippen LogP) is 1.18. The predicted molar refractivity (Wildman–Crippen MR) is 59.9 cm³/mol. The number of halogens is 2. The number of carbonyl (C=O) groups is 1. The van der Waals surface area contributed by atoms with E-state index in [0.29, 0.717) is 12.3 Å². The number of nitrogens with one attached hydrogen (secondary N) is 1. The lowest BCUT2D eigenvalue weighted by Crippen LogP contribution is -2.33. The molecule has 4 nitrogen and oxygen atoms in total. The van der Waals surface area contributed by atoms with E-state index in [0.717, 1.165) is 0 Å². The molecular formula is C11H21F2NO3. The van der Waals surface area contributed by atoms with Gasteiger partial charge in [-0.2, -0.15) is 0 Å². The molecule has 0 saturated carbocycles. The van der Waals surface area contributed by atoms with Crippen LogP contribution in [0, 0.1) is 5.92 Å². The third kappa shape index (κ3) is 11.5. The van der Waals surface area contributed by atoms with E-state index in [2.05, 4.69) is 10.1 Å². The third-order valence-corrected chi connectivity index (χ3v) is 2.00. The van der Waals surface area contributed by atoms with Gasteiger partial charge >= 0.3 is 0 Å². The molecule has 0 saturated heterocycles. The maximum absolute atomic E-state index is 11.7. The molecule has 0 rings (SSSR count). The summed E-state index contributed by atoms with van der Waals surface area (Å²) in [5.74, 6) is 0.0540. The van der Waals surface area contributed by atoms with Crippen molar-refractivity contribution < 1.29 is 23.4 Å². The molecule has 102 valence electrons. The van der Waals surface area contributed by atoms with Crippen LogP contribution in [-0.2, 0) is 9.53 Å². The van der Waals surface area contributed by atoms with Crippen LogP contribution in [0.2, 0.25) is 0 Å². The monoisotopic (exact) mass is 253 g/mol. The first-order valence-electron chi connectivity index (χ1n) is 5.72. The molecule has 0 aliphatic carbocycles. The Kier molecular flexibility index (Phi) is 8.89. The number of ether oxygens (including phenoxy) is 1. The van der Waals surface area contributed by atoms with Crippen LogP contribution in [-0.4, -0.2) is 43.3 Å². The van der Waals surface area contributed by atoms with Crippen molar-refractivity contribution in [3.63, 3.8) is 0 Å². The van der Waals surface area contributed by atoms with E-state index in [-0.39, 0.29) is 25.5 Å². The number of hydrogen-bond donors (Lipinski definition) is 2. The maximum atomic E-state index is 11.7. The number of carbonyl (C=O) groups excluding carboxylic acids is 1. The van der Waals surface area contributed by atoms with E-state index in [4.69, 9.17) is 0 Å². The smallest absolute Gasteiger partial charge is 0.261 e. The van der Waals surface area contributed by atoms with Gasteiger partial charge in [-0.1, -0.05) is 13.8 Å². The lowest BCUT2D eigenvalue weighted by molar-refractivity contribution is -0.123. The molecule has 0 spiro atoms. The van der Waals surface area contributed by atoms with E-state index in [1.807, 2.05) is 13.8 Å². The Labute approximate surface area is 100 Å². The Hall–Kier alpha value is -0.750. The maximum Gasteiger partial charge on any atom is 0.261 e. The van der Waals surface area contributed by atoms with Crippen molar-refractivity contribution in [1.82, 2.24) is 5.32 Å².